The molecule has 124 valence electrons. The van der Waals surface area contributed by atoms with Crippen LogP contribution in [0.15, 0.2) is 36.4 Å². The predicted octanol–water partition coefficient (Wildman–Crippen LogP) is 3.45. The van der Waals surface area contributed by atoms with Crippen LogP contribution in [0.1, 0.15) is 24.8 Å². The summed E-state index contributed by atoms with van der Waals surface area (Å²) in [6.07, 6.45) is 2.16. The number of rotatable bonds is 4. The lowest BCUT2D eigenvalue weighted by Crippen LogP contribution is -2.21. The van der Waals surface area contributed by atoms with Crippen LogP contribution >= 0.6 is 0 Å². The number of carbonyl (C=O) groups is 1. The lowest BCUT2D eigenvalue weighted by molar-refractivity contribution is 0.137. The second kappa shape index (κ2) is 8.48. The molecular weight excluding hydrogens is 308 g/mol. The van der Waals surface area contributed by atoms with Gasteiger partial charge in [-0.1, -0.05) is 18.6 Å². The van der Waals surface area contributed by atoms with Gasteiger partial charge in [0.1, 0.15) is 5.82 Å². The van der Waals surface area contributed by atoms with Gasteiger partial charge in [-0.25, -0.2) is 4.79 Å². The van der Waals surface area contributed by atoms with Gasteiger partial charge in [-0.2, -0.15) is 5.26 Å². The van der Waals surface area contributed by atoms with Gasteiger partial charge in [0, 0.05) is 12.1 Å². The van der Waals surface area contributed by atoms with Crippen LogP contribution < -0.4 is 5.32 Å². The Balaban J connectivity index is 0.000000471. The topological polar surface area (TPSA) is 119 Å². The minimum Gasteiger partial charge on any atom is -0.450 e. The van der Waals surface area contributed by atoms with Crippen molar-refractivity contribution in [3.8, 4) is 17.3 Å². The van der Waals surface area contributed by atoms with Crippen molar-refractivity contribution in [3.63, 3.8) is 0 Å². The van der Waals surface area contributed by atoms with Crippen LogP contribution in [0.2, 0.25) is 0 Å². The van der Waals surface area contributed by atoms with Gasteiger partial charge in [-0.05, 0) is 43.0 Å². The number of carboxylic acid groups (broad SMARTS) is 2. The number of anilines is 1. The Hall–Kier alpha value is -3.14. The highest BCUT2D eigenvalue weighted by Gasteiger charge is 2.16. The highest BCUT2D eigenvalue weighted by Crippen LogP contribution is 2.26. The standard InChI is InChI=1S/C16H16N4.CH2O3/c17-10-13-5-2-6-14(9-13)15-7-8-16(20-19-15)18-11-12-3-1-4-12;2-1(3)4/h2,5-9,12H,1,3-4,11H2,(H,18,20);(H2,2,3,4). The largest absolute Gasteiger partial charge is 0.503 e. The molecule has 2 aromatic rings. The molecule has 0 spiro atoms. The van der Waals surface area contributed by atoms with E-state index in [1.807, 2.05) is 30.3 Å². The number of aromatic nitrogens is 2. The summed E-state index contributed by atoms with van der Waals surface area (Å²) in [6, 6.07) is 13.4. The van der Waals surface area contributed by atoms with E-state index in [2.05, 4.69) is 21.6 Å². The highest BCUT2D eigenvalue weighted by molar-refractivity contribution is 5.61. The van der Waals surface area contributed by atoms with Crippen molar-refractivity contribution in [1.82, 2.24) is 10.2 Å². The molecule has 1 heterocycles. The number of hydrogen-bond acceptors (Lipinski definition) is 5. The van der Waals surface area contributed by atoms with Crippen molar-refractivity contribution in [1.29, 1.82) is 5.26 Å². The van der Waals surface area contributed by atoms with Gasteiger partial charge < -0.3 is 15.5 Å². The minimum atomic E-state index is -1.83. The second-order valence-electron chi connectivity index (χ2n) is 5.46. The van der Waals surface area contributed by atoms with Gasteiger partial charge >= 0.3 is 6.16 Å². The number of benzene rings is 1. The molecule has 0 radical (unpaired) electrons. The molecule has 0 atom stereocenters. The normalized spacial score (nSPS) is 13.0. The summed E-state index contributed by atoms with van der Waals surface area (Å²) >= 11 is 0. The van der Waals surface area contributed by atoms with Crippen LogP contribution in [0.4, 0.5) is 10.6 Å². The Morgan fingerprint density at radius 1 is 1.25 bits per heavy atom. The summed E-state index contributed by atoms with van der Waals surface area (Å²) < 4.78 is 0. The first kappa shape index (κ1) is 17.2. The molecule has 1 aromatic carbocycles. The molecule has 3 N–H and O–H groups in total. The molecule has 3 rings (SSSR count). The maximum atomic E-state index is 8.91. The summed E-state index contributed by atoms with van der Waals surface area (Å²) in [7, 11) is 0. The molecule has 0 amide bonds. The molecule has 1 aliphatic rings. The van der Waals surface area contributed by atoms with E-state index in [0.717, 1.165) is 29.5 Å². The quantitative estimate of drug-likeness (QED) is 0.787. The number of nitrogens with zero attached hydrogens (tertiary/aromatic N) is 3. The first-order chi connectivity index (χ1) is 11.6. The van der Waals surface area contributed by atoms with Crippen LogP contribution in [0, 0.1) is 17.2 Å². The molecular formula is C17H18N4O3. The van der Waals surface area contributed by atoms with Gasteiger partial charge in [0.25, 0.3) is 0 Å². The number of nitriles is 1. The molecule has 1 aromatic heterocycles. The van der Waals surface area contributed by atoms with Crippen LogP contribution in [-0.4, -0.2) is 33.1 Å². The third kappa shape index (κ3) is 5.25. The van der Waals surface area contributed by atoms with Gasteiger partial charge in [-0.3, -0.25) is 0 Å². The Bertz CT molecular complexity index is 717. The molecule has 1 aliphatic carbocycles. The Kier molecular flexibility index (Phi) is 6.08. The van der Waals surface area contributed by atoms with Gasteiger partial charge in [0.05, 0.1) is 17.3 Å². The van der Waals surface area contributed by atoms with Crippen LogP contribution in [0.5, 0.6) is 0 Å². The zero-order valence-electron chi connectivity index (χ0n) is 13.0. The summed E-state index contributed by atoms with van der Waals surface area (Å²) in [5.41, 5.74) is 2.34. The van der Waals surface area contributed by atoms with Crippen molar-refractivity contribution in [2.75, 3.05) is 11.9 Å². The smallest absolute Gasteiger partial charge is 0.450 e. The van der Waals surface area contributed by atoms with Crippen molar-refractivity contribution < 1.29 is 15.0 Å². The summed E-state index contributed by atoms with van der Waals surface area (Å²) in [4.78, 5) is 8.56. The van der Waals surface area contributed by atoms with Crippen molar-refractivity contribution in [2.45, 2.75) is 19.3 Å². The minimum absolute atomic E-state index is 0.636. The molecule has 7 heteroatoms. The van der Waals surface area contributed by atoms with E-state index < -0.39 is 6.16 Å². The summed E-state index contributed by atoms with van der Waals surface area (Å²) in [5.74, 6) is 1.61. The fraction of sp³-hybridized carbons (Fsp3) is 0.294. The fourth-order valence-electron chi connectivity index (χ4n) is 2.27. The second-order valence-corrected chi connectivity index (χ2v) is 5.46. The first-order valence-corrected chi connectivity index (χ1v) is 7.58. The van der Waals surface area contributed by atoms with E-state index in [4.69, 9.17) is 20.3 Å². The lowest BCUT2D eigenvalue weighted by atomic mass is 9.85. The molecule has 0 bridgehead atoms. The molecule has 0 unspecified atom stereocenters. The van der Waals surface area contributed by atoms with Crippen LogP contribution in [0.25, 0.3) is 11.3 Å². The van der Waals surface area contributed by atoms with E-state index in [1.165, 1.54) is 19.3 Å². The van der Waals surface area contributed by atoms with Crippen LogP contribution in [-0.2, 0) is 0 Å². The van der Waals surface area contributed by atoms with Gasteiger partial charge in [-0.15, -0.1) is 10.2 Å². The number of hydrogen-bond donors (Lipinski definition) is 3. The lowest BCUT2D eigenvalue weighted by Gasteiger charge is -2.25. The average molecular weight is 326 g/mol. The zero-order valence-corrected chi connectivity index (χ0v) is 13.0. The van der Waals surface area contributed by atoms with Gasteiger partial charge in [0.2, 0.25) is 0 Å². The summed E-state index contributed by atoms with van der Waals surface area (Å²) in [6.45, 7) is 0.984. The zero-order chi connectivity index (χ0) is 17.4. The maximum absolute atomic E-state index is 8.91. The monoisotopic (exact) mass is 326 g/mol. The molecule has 1 saturated carbocycles. The SMILES string of the molecule is N#Cc1cccc(-c2ccc(NCC3CCC3)nn2)c1.O=C(O)O. The van der Waals surface area contributed by atoms with Crippen molar-refractivity contribution in [3.05, 3.63) is 42.0 Å². The molecule has 0 saturated heterocycles. The molecule has 24 heavy (non-hydrogen) atoms. The third-order valence-electron chi connectivity index (χ3n) is 3.75. The molecule has 0 aliphatic heterocycles. The maximum Gasteiger partial charge on any atom is 0.503 e. The van der Waals surface area contributed by atoms with Crippen molar-refractivity contribution in [2.24, 2.45) is 5.92 Å². The third-order valence-corrected chi connectivity index (χ3v) is 3.75. The van der Waals surface area contributed by atoms with E-state index >= 15 is 0 Å². The van der Waals surface area contributed by atoms with E-state index in [9.17, 15) is 0 Å². The molecule has 1 fully saturated rings. The van der Waals surface area contributed by atoms with E-state index in [0.29, 0.717) is 5.56 Å². The van der Waals surface area contributed by atoms with Crippen LogP contribution in [0.3, 0.4) is 0 Å². The molecule has 7 nitrogen and oxygen atoms in total. The Morgan fingerprint density at radius 3 is 2.54 bits per heavy atom. The van der Waals surface area contributed by atoms with Gasteiger partial charge in [0.15, 0.2) is 0 Å². The van der Waals surface area contributed by atoms with E-state index in [1.54, 1.807) is 6.07 Å². The Labute approximate surface area is 139 Å². The highest BCUT2D eigenvalue weighted by atomic mass is 16.6. The average Bonchev–Trinajstić information content (AvgIpc) is 2.53. The predicted molar refractivity (Wildman–Crippen MR) is 88.7 cm³/mol. The van der Waals surface area contributed by atoms with Crippen molar-refractivity contribution >= 4 is 12.0 Å². The number of nitrogens with one attached hydrogen (secondary N) is 1. The summed E-state index contributed by atoms with van der Waals surface area (Å²) in [5, 5.41) is 34.6. The Morgan fingerprint density at radius 2 is 2.00 bits per heavy atom. The first-order valence-electron chi connectivity index (χ1n) is 7.58. The fourth-order valence-corrected chi connectivity index (χ4v) is 2.27. The van der Waals surface area contributed by atoms with E-state index in [-0.39, 0.29) is 0 Å².